The standard InChI is InChI=1S/C26H36N2O11/c1-16(29)28-22-24(38-19(4)32)23(37-18(3)31)21(15-35-17(2)30)39-25(22)34-13-9-8-12-27-26(33)36-14-20-10-6-5-7-11-20/h5-7,10-11,21-25H,8-9,12-15H2,1-4H3,(H,27,33)(H,28,29). The average molecular weight is 553 g/mol. The Hall–Kier alpha value is -3.71. The first-order valence-electron chi connectivity index (χ1n) is 12.5. The summed E-state index contributed by atoms with van der Waals surface area (Å²) in [6.45, 7) is 5.11. The molecule has 39 heavy (non-hydrogen) atoms. The topological polar surface area (TPSA) is 165 Å². The van der Waals surface area contributed by atoms with Gasteiger partial charge in [0.25, 0.3) is 0 Å². The van der Waals surface area contributed by atoms with Crippen molar-refractivity contribution in [3.63, 3.8) is 0 Å². The number of unbranched alkanes of at least 4 members (excludes halogenated alkanes) is 1. The lowest BCUT2D eigenvalue weighted by molar-refractivity contribution is -0.277. The molecule has 0 spiro atoms. The van der Waals surface area contributed by atoms with Gasteiger partial charge in [-0.2, -0.15) is 0 Å². The number of amides is 2. The largest absolute Gasteiger partial charge is 0.463 e. The van der Waals surface area contributed by atoms with Crippen LogP contribution in [-0.2, 0) is 54.2 Å². The predicted molar refractivity (Wildman–Crippen MR) is 134 cm³/mol. The van der Waals surface area contributed by atoms with Crippen LogP contribution >= 0.6 is 0 Å². The summed E-state index contributed by atoms with van der Waals surface area (Å²) in [4.78, 5) is 58.9. The molecule has 5 atom stereocenters. The second-order valence-corrected chi connectivity index (χ2v) is 8.79. The van der Waals surface area contributed by atoms with Gasteiger partial charge in [0.2, 0.25) is 5.91 Å². The van der Waals surface area contributed by atoms with Crippen molar-refractivity contribution in [3.8, 4) is 0 Å². The Morgan fingerprint density at radius 1 is 0.846 bits per heavy atom. The molecule has 0 radical (unpaired) electrons. The molecule has 0 aromatic heterocycles. The maximum atomic E-state index is 11.9. The van der Waals surface area contributed by atoms with Crippen LogP contribution in [0.1, 0.15) is 46.1 Å². The highest BCUT2D eigenvalue weighted by molar-refractivity contribution is 5.73. The Kier molecular flexibility index (Phi) is 13.2. The zero-order valence-electron chi connectivity index (χ0n) is 22.5. The van der Waals surface area contributed by atoms with Gasteiger partial charge in [-0.3, -0.25) is 19.2 Å². The molecule has 13 heteroatoms. The van der Waals surface area contributed by atoms with Gasteiger partial charge >= 0.3 is 24.0 Å². The molecule has 1 heterocycles. The molecule has 0 aliphatic carbocycles. The summed E-state index contributed by atoms with van der Waals surface area (Å²) in [6, 6.07) is 8.25. The summed E-state index contributed by atoms with van der Waals surface area (Å²) in [5.74, 6) is -2.44. The van der Waals surface area contributed by atoms with Gasteiger partial charge in [-0.25, -0.2) is 4.79 Å². The molecule has 1 aliphatic rings. The van der Waals surface area contributed by atoms with Crippen molar-refractivity contribution >= 4 is 29.9 Å². The van der Waals surface area contributed by atoms with Gasteiger partial charge in [0.05, 0.1) is 0 Å². The molecule has 2 amide bonds. The third-order valence-electron chi connectivity index (χ3n) is 5.41. The summed E-state index contributed by atoms with van der Waals surface area (Å²) in [7, 11) is 0. The summed E-state index contributed by atoms with van der Waals surface area (Å²) in [6.07, 6.45) is -4.06. The van der Waals surface area contributed by atoms with Gasteiger partial charge in [0, 0.05) is 40.8 Å². The fourth-order valence-electron chi connectivity index (χ4n) is 3.82. The highest BCUT2D eigenvalue weighted by atomic mass is 16.7. The Morgan fingerprint density at radius 2 is 1.51 bits per heavy atom. The summed E-state index contributed by atoms with van der Waals surface area (Å²) in [5, 5.41) is 5.29. The number of esters is 3. The van der Waals surface area contributed by atoms with Crippen molar-refractivity contribution in [2.24, 2.45) is 0 Å². The molecule has 2 N–H and O–H groups in total. The predicted octanol–water partition coefficient (Wildman–Crippen LogP) is 1.37. The van der Waals surface area contributed by atoms with Crippen LogP contribution in [0.3, 0.4) is 0 Å². The second-order valence-electron chi connectivity index (χ2n) is 8.79. The Morgan fingerprint density at radius 3 is 2.13 bits per heavy atom. The van der Waals surface area contributed by atoms with Crippen molar-refractivity contribution in [2.45, 2.75) is 77.8 Å². The molecule has 1 aromatic rings. The Balaban J connectivity index is 1.96. The second kappa shape index (κ2) is 16.3. The molecule has 13 nitrogen and oxygen atoms in total. The number of carbonyl (C=O) groups is 5. The van der Waals surface area contributed by atoms with E-state index < -0.39 is 60.6 Å². The number of hydrogen-bond donors (Lipinski definition) is 2. The molecular formula is C26H36N2O11. The molecule has 216 valence electrons. The van der Waals surface area contributed by atoms with E-state index in [4.69, 9.17) is 28.4 Å². The molecule has 1 fully saturated rings. The zero-order valence-corrected chi connectivity index (χ0v) is 22.5. The van der Waals surface area contributed by atoms with E-state index in [-0.39, 0.29) is 19.8 Å². The maximum absolute atomic E-state index is 11.9. The number of hydrogen-bond acceptors (Lipinski definition) is 11. The fraction of sp³-hybridized carbons (Fsp3) is 0.577. The van der Waals surface area contributed by atoms with E-state index in [1.807, 2.05) is 30.3 Å². The number of benzene rings is 1. The molecule has 2 rings (SSSR count). The van der Waals surface area contributed by atoms with Crippen LogP contribution in [-0.4, -0.2) is 80.3 Å². The van der Waals surface area contributed by atoms with Gasteiger partial charge in [0.15, 0.2) is 18.5 Å². The SMILES string of the molecule is CC(=O)NC1C(OCCCCNC(=O)OCc2ccccc2)OC(COC(C)=O)C(OC(C)=O)C1OC(C)=O. The van der Waals surface area contributed by atoms with E-state index >= 15 is 0 Å². The minimum Gasteiger partial charge on any atom is -0.463 e. The molecule has 1 aromatic carbocycles. The summed E-state index contributed by atoms with van der Waals surface area (Å²) in [5.41, 5.74) is 0.872. The lowest BCUT2D eigenvalue weighted by Gasteiger charge is -2.44. The van der Waals surface area contributed by atoms with Crippen LogP contribution in [0.4, 0.5) is 4.79 Å². The highest BCUT2D eigenvalue weighted by Gasteiger charge is 2.51. The maximum Gasteiger partial charge on any atom is 0.407 e. The van der Waals surface area contributed by atoms with Crippen LogP contribution in [0.25, 0.3) is 0 Å². The molecule has 5 unspecified atom stereocenters. The minimum atomic E-state index is -1.19. The third kappa shape index (κ3) is 11.7. The van der Waals surface area contributed by atoms with Crippen molar-refractivity contribution in [1.82, 2.24) is 10.6 Å². The number of nitrogens with one attached hydrogen (secondary N) is 2. The first-order chi connectivity index (χ1) is 18.6. The van der Waals surface area contributed by atoms with Crippen LogP contribution < -0.4 is 10.6 Å². The fourth-order valence-corrected chi connectivity index (χ4v) is 3.82. The van der Waals surface area contributed by atoms with Gasteiger partial charge in [-0.15, -0.1) is 0 Å². The van der Waals surface area contributed by atoms with E-state index in [1.54, 1.807) is 0 Å². The molecule has 1 aliphatic heterocycles. The first kappa shape index (κ1) is 31.5. The van der Waals surface area contributed by atoms with E-state index in [9.17, 15) is 24.0 Å². The van der Waals surface area contributed by atoms with Crippen molar-refractivity contribution < 1.29 is 52.4 Å². The Labute approximate surface area is 226 Å². The molecule has 0 bridgehead atoms. The Bertz CT molecular complexity index is 972. The van der Waals surface area contributed by atoms with Crippen LogP contribution in [0, 0.1) is 0 Å². The molecule has 0 saturated carbocycles. The number of ether oxygens (including phenoxy) is 6. The lowest BCUT2D eigenvalue weighted by atomic mass is 9.96. The van der Waals surface area contributed by atoms with Gasteiger partial charge in [0.1, 0.15) is 25.4 Å². The first-order valence-corrected chi connectivity index (χ1v) is 12.5. The third-order valence-corrected chi connectivity index (χ3v) is 5.41. The summed E-state index contributed by atoms with van der Waals surface area (Å²) < 4.78 is 32.8. The lowest BCUT2D eigenvalue weighted by Crippen LogP contribution is -2.66. The number of carbonyl (C=O) groups excluding carboxylic acids is 5. The average Bonchev–Trinajstić information content (AvgIpc) is 2.86. The van der Waals surface area contributed by atoms with Gasteiger partial charge in [-0.05, 0) is 18.4 Å². The van der Waals surface area contributed by atoms with E-state index in [0.717, 1.165) is 12.5 Å². The van der Waals surface area contributed by atoms with Crippen LogP contribution in [0.5, 0.6) is 0 Å². The van der Waals surface area contributed by atoms with Gasteiger partial charge in [-0.1, -0.05) is 30.3 Å². The van der Waals surface area contributed by atoms with Crippen LogP contribution in [0.15, 0.2) is 30.3 Å². The quantitative estimate of drug-likeness (QED) is 0.206. The van der Waals surface area contributed by atoms with Crippen molar-refractivity contribution in [2.75, 3.05) is 19.8 Å². The molecule has 1 saturated heterocycles. The zero-order chi connectivity index (χ0) is 28.8. The monoisotopic (exact) mass is 552 g/mol. The minimum absolute atomic E-state index is 0.146. The summed E-state index contributed by atoms with van der Waals surface area (Å²) >= 11 is 0. The highest BCUT2D eigenvalue weighted by Crippen LogP contribution is 2.28. The van der Waals surface area contributed by atoms with E-state index in [2.05, 4.69) is 10.6 Å². The van der Waals surface area contributed by atoms with E-state index in [1.165, 1.54) is 20.8 Å². The van der Waals surface area contributed by atoms with Gasteiger partial charge < -0.3 is 39.1 Å². The van der Waals surface area contributed by atoms with Crippen molar-refractivity contribution in [1.29, 1.82) is 0 Å². The molecular weight excluding hydrogens is 516 g/mol. The van der Waals surface area contributed by atoms with Crippen LogP contribution in [0.2, 0.25) is 0 Å². The smallest absolute Gasteiger partial charge is 0.407 e. The van der Waals surface area contributed by atoms with E-state index in [0.29, 0.717) is 19.4 Å². The number of alkyl carbamates (subject to hydrolysis) is 1. The van der Waals surface area contributed by atoms with Crippen molar-refractivity contribution in [3.05, 3.63) is 35.9 Å². The number of rotatable bonds is 13. The normalized spacial score (nSPS) is 22.2.